The zero-order valence-electron chi connectivity index (χ0n) is 14.9. The maximum atomic E-state index is 14.0. The molecule has 0 N–H and O–H groups in total. The van der Waals surface area contributed by atoms with E-state index in [0.29, 0.717) is 12.1 Å². The van der Waals surface area contributed by atoms with E-state index in [-0.39, 0.29) is 17.1 Å². The Morgan fingerprint density at radius 1 is 1.08 bits per heavy atom. The second-order valence-corrected chi connectivity index (χ2v) is 7.52. The van der Waals surface area contributed by atoms with Crippen molar-refractivity contribution in [3.63, 3.8) is 0 Å². The Morgan fingerprint density at radius 2 is 1.96 bits per heavy atom. The summed E-state index contributed by atoms with van der Waals surface area (Å²) in [6.45, 7) is 3.63. The van der Waals surface area contributed by atoms with Gasteiger partial charge in [-0.2, -0.15) is 0 Å². The van der Waals surface area contributed by atoms with Gasteiger partial charge >= 0.3 is 0 Å². The average molecular weight is 353 g/mol. The molecule has 136 valence electrons. The highest BCUT2D eigenvalue weighted by atomic mass is 19.1. The number of amides is 1. The smallest absolute Gasteiger partial charge is 0.230 e. The molecule has 5 heteroatoms. The zero-order valence-corrected chi connectivity index (χ0v) is 14.9. The minimum atomic E-state index is -0.300. The maximum absolute atomic E-state index is 14.0. The van der Waals surface area contributed by atoms with Gasteiger partial charge < -0.3 is 4.90 Å². The van der Waals surface area contributed by atoms with Crippen LogP contribution in [-0.2, 0) is 17.9 Å². The van der Waals surface area contributed by atoms with E-state index in [9.17, 15) is 9.18 Å². The van der Waals surface area contributed by atoms with Gasteiger partial charge in [-0.1, -0.05) is 24.3 Å². The van der Waals surface area contributed by atoms with Crippen LogP contribution in [0.5, 0.6) is 0 Å². The summed E-state index contributed by atoms with van der Waals surface area (Å²) in [4.78, 5) is 21.6. The van der Waals surface area contributed by atoms with Crippen LogP contribution in [0.4, 0.5) is 4.39 Å². The normalized spacial score (nSPS) is 23.7. The molecule has 3 heterocycles. The highest BCUT2D eigenvalue weighted by Crippen LogP contribution is 2.41. The van der Waals surface area contributed by atoms with Gasteiger partial charge in [0.05, 0.1) is 5.41 Å². The van der Waals surface area contributed by atoms with Gasteiger partial charge in [0.1, 0.15) is 5.82 Å². The largest absolute Gasteiger partial charge is 0.338 e. The lowest BCUT2D eigenvalue weighted by atomic mass is 9.78. The van der Waals surface area contributed by atoms with Gasteiger partial charge in [0.15, 0.2) is 0 Å². The zero-order chi connectivity index (χ0) is 18.0. The highest BCUT2D eigenvalue weighted by molar-refractivity contribution is 5.84. The first-order valence-electron chi connectivity index (χ1n) is 9.30. The summed E-state index contributed by atoms with van der Waals surface area (Å²) in [7, 11) is 0. The van der Waals surface area contributed by atoms with Gasteiger partial charge in [-0.05, 0) is 43.5 Å². The molecule has 4 nitrogen and oxygen atoms in total. The van der Waals surface area contributed by atoms with Crippen LogP contribution < -0.4 is 0 Å². The minimum Gasteiger partial charge on any atom is -0.338 e. The number of hydrogen-bond donors (Lipinski definition) is 0. The van der Waals surface area contributed by atoms with Gasteiger partial charge in [-0.3, -0.25) is 14.7 Å². The van der Waals surface area contributed by atoms with Crippen molar-refractivity contribution in [3.05, 3.63) is 65.7 Å². The lowest BCUT2D eigenvalue weighted by Gasteiger charge is -2.39. The Balaban J connectivity index is 1.45. The van der Waals surface area contributed by atoms with Crippen LogP contribution in [0.3, 0.4) is 0 Å². The van der Waals surface area contributed by atoms with Crippen molar-refractivity contribution < 1.29 is 9.18 Å². The number of nitrogens with zero attached hydrogens (tertiary/aromatic N) is 3. The maximum Gasteiger partial charge on any atom is 0.230 e. The monoisotopic (exact) mass is 353 g/mol. The van der Waals surface area contributed by atoms with Crippen LogP contribution >= 0.6 is 0 Å². The third-order valence-electron chi connectivity index (χ3n) is 5.71. The SMILES string of the molecule is O=C1N(Cc2ccccc2F)CCCC12CCN(Cc1cccnc1)C2. The van der Waals surface area contributed by atoms with Crippen LogP contribution in [0, 0.1) is 11.2 Å². The summed E-state index contributed by atoms with van der Waals surface area (Å²) in [6, 6.07) is 10.8. The number of rotatable bonds is 4. The summed E-state index contributed by atoms with van der Waals surface area (Å²) in [6.07, 6.45) is 6.47. The predicted octanol–water partition coefficient (Wildman–Crippen LogP) is 3.24. The Hall–Kier alpha value is -2.27. The van der Waals surface area contributed by atoms with Crippen molar-refractivity contribution >= 4 is 5.91 Å². The fourth-order valence-corrected chi connectivity index (χ4v) is 4.36. The Kier molecular flexibility index (Phi) is 4.72. The summed E-state index contributed by atoms with van der Waals surface area (Å²) in [5.41, 5.74) is 1.48. The van der Waals surface area contributed by atoms with E-state index in [1.807, 2.05) is 23.2 Å². The Labute approximate surface area is 153 Å². The number of carbonyl (C=O) groups excluding carboxylic acids is 1. The molecule has 1 unspecified atom stereocenters. The first kappa shape index (κ1) is 17.2. The average Bonchev–Trinajstić information content (AvgIpc) is 3.05. The molecule has 1 atom stereocenters. The molecule has 1 aromatic heterocycles. The van der Waals surface area contributed by atoms with Gasteiger partial charge in [0.2, 0.25) is 5.91 Å². The molecule has 26 heavy (non-hydrogen) atoms. The molecule has 2 aliphatic heterocycles. The number of pyridine rings is 1. The quantitative estimate of drug-likeness (QED) is 0.847. The summed E-state index contributed by atoms with van der Waals surface area (Å²) in [5.74, 6) is -0.0368. The van der Waals surface area contributed by atoms with E-state index in [2.05, 4.69) is 16.0 Å². The Morgan fingerprint density at radius 3 is 2.77 bits per heavy atom. The lowest BCUT2D eigenvalue weighted by Crippen LogP contribution is -2.49. The van der Waals surface area contributed by atoms with Gasteiger partial charge in [-0.15, -0.1) is 0 Å². The van der Waals surface area contributed by atoms with Crippen molar-refractivity contribution in [1.29, 1.82) is 0 Å². The van der Waals surface area contributed by atoms with Crippen molar-refractivity contribution in [2.75, 3.05) is 19.6 Å². The standard InChI is InChI=1S/C21H24FN3O/c22-19-7-2-1-6-18(19)15-25-11-4-8-21(20(25)26)9-12-24(16-21)14-17-5-3-10-23-13-17/h1-3,5-7,10,13H,4,8-9,11-12,14-16H2. The van der Waals surface area contributed by atoms with E-state index in [1.54, 1.807) is 18.3 Å². The third-order valence-corrected chi connectivity index (χ3v) is 5.71. The topological polar surface area (TPSA) is 36.4 Å². The molecule has 2 aliphatic rings. The molecule has 4 rings (SSSR count). The third kappa shape index (κ3) is 3.36. The molecular formula is C21H24FN3O. The van der Waals surface area contributed by atoms with Crippen LogP contribution in [0.2, 0.25) is 0 Å². The van der Waals surface area contributed by atoms with Crippen molar-refractivity contribution in [2.45, 2.75) is 32.4 Å². The second kappa shape index (κ2) is 7.16. The molecule has 0 aliphatic carbocycles. The van der Waals surface area contributed by atoms with Crippen molar-refractivity contribution in [1.82, 2.24) is 14.8 Å². The van der Waals surface area contributed by atoms with E-state index in [1.165, 1.54) is 11.6 Å². The van der Waals surface area contributed by atoms with Gasteiger partial charge in [0, 0.05) is 44.1 Å². The molecule has 0 radical (unpaired) electrons. The molecule has 1 amide bonds. The Bertz CT molecular complexity index is 782. The fraction of sp³-hybridized carbons (Fsp3) is 0.429. The first-order chi connectivity index (χ1) is 12.7. The van der Waals surface area contributed by atoms with E-state index < -0.39 is 0 Å². The fourth-order valence-electron chi connectivity index (χ4n) is 4.36. The first-order valence-corrected chi connectivity index (χ1v) is 9.30. The van der Waals surface area contributed by atoms with Crippen LogP contribution in [-0.4, -0.2) is 40.3 Å². The lowest BCUT2D eigenvalue weighted by molar-refractivity contribution is -0.146. The molecule has 1 aromatic carbocycles. The molecule has 2 fully saturated rings. The number of benzene rings is 1. The van der Waals surface area contributed by atoms with E-state index in [4.69, 9.17) is 0 Å². The molecular weight excluding hydrogens is 329 g/mol. The van der Waals surface area contributed by atoms with Crippen molar-refractivity contribution in [3.8, 4) is 0 Å². The molecule has 1 spiro atoms. The number of halogens is 1. The number of carbonyl (C=O) groups is 1. The second-order valence-electron chi connectivity index (χ2n) is 7.52. The summed E-state index contributed by atoms with van der Waals surface area (Å²) >= 11 is 0. The minimum absolute atomic E-state index is 0.195. The van der Waals surface area contributed by atoms with Gasteiger partial charge in [-0.25, -0.2) is 4.39 Å². The van der Waals surface area contributed by atoms with Crippen LogP contribution in [0.25, 0.3) is 0 Å². The number of aromatic nitrogens is 1. The summed E-state index contributed by atoms with van der Waals surface area (Å²) < 4.78 is 14.0. The van der Waals surface area contributed by atoms with Crippen LogP contribution in [0.1, 0.15) is 30.4 Å². The summed E-state index contributed by atoms with van der Waals surface area (Å²) in [5, 5.41) is 0. The molecule has 0 bridgehead atoms. The van der Waals surface area contributed by atoms with Crippen LogP contribution in [0.15, 0.2) is 48.8 Å². The number of piperidine rings is 1. The molecule has 2 aromatic rings. The highest BCUT2D eigenvalue weighted by Gasteiger charge is 2.48. The van der Waals surface area contributed by atoms with E-state index >= 15 is 0 Å². The number of likely N-dealkylation sites (tertiary alicyclic amines) is 2. The van der Waals surface area contributed by atoms with Crippen molar-refractivity contribution in [2.24, 2.45) is 5.41 Å². The number of hydrogen-bond acceptors (Lipinski definition) is 3. The van der Waals surface area contributed by atoms with E-state index in [0.717, 1.165) is 45.4 Å². The van der Waals surface area contributed by atoms with Gasteiger partial charge in [0.25, 0.3) is 0 Å². The molecule has 2 saturated heterocycles. The predicted molar refractivity (Wildman–Crippen MR) is 97.6 cm³/mol. The molecule has 0 saturated carbocycles.